The lowest BCUT2D eigenvalue weighted by Crippen LogP contribution is -2.14. The second kappa shape index (κ2) is 7.93. The summed E-state index contributed by atoms with van der Waals surface area (Å²) in [5.74, 6) is 2.71. The first-order chi connectivity index (χ1) is 11.2. The molecule has 1 N–H and O–H groups in total. The summed E-state index contributed by atoms with van der Waals surface area (Å²) in [7, 11) is 0. The number of carbonyl (C=O) groups excluding carboxylic acids is 1. The van der Waals surface area contributed by atoms with Gasteiger partial charge in [0.05, 0.1) is 4.58 Å². The van der Waals surface area contributed by atoms with E-state index < -0.39 is 0 Å². The molecule has 23 heavy (non-hydrogen) atoms. The van der Waals surface area contributed by atoms with E-state index >= 15 is 0 Å². The quantitative estimate of drug-likeness (QED) is 0.799. The molecule has 120 valence electrons. The fourth-order valence-electron chi connectivity index (χ4n) is 2.70. The number of hydrogen-bond acceptors (Lipinski definition) is 3. The van der Waals surface area contributed by atoms with Gasteiger partial charge in [-0.3, -0.25) is 4.79 Å². The third-order valence-corrected chi connectivity index (χ3v) is 7.03. The molecule has 2 nitrogen and oxygen atoms in total. The van der Waals surface area contributed by atoms with Gasteiger partial charge in [0.25, 0.3) is 0 Å². The van der Waals surface area contributed by atoms with Crippen LogP contribution in [0.3, 0.4) is 0 Å². The lowest BCUT2D eigenvalue weighted by atomic mass is 9.97. The van der Waals surface area contributed by atoms with E-state index in [2.05, 4.69) is 36.5 Å². The molecule has 0 radical (unpaired) electrons. The van der Waals surface area contributed by atoms with Crippen LogP contribution in [0.25, 0.3) is 0 Å². The number of amides is 1. The van der Waals surface area contributed by atoms with Gasteiger partial charge in [0.1, 0.15) is 0 Å². The second-order valence-corrected chi connectivity index (χ2v) is 8.49. The topological polar surface area (TPSA) is 29.1 Å². The summed E-state index contributed by atoms with van der Waals surface area (Å²) in [6.07, 6.45) is 0.501. The number of carbonyl (C=O) groups is 1. The molecule has 1 unspecified atom stereocenters. The van der Waals surface area contributed by atoms with Crippen molar-refractivity contribution in [1.82, 2.24) is 0 Å². The fraction of sp³-hybridized carbons (Fsp3) is 0.316. The lowest BCUT2D eigenvalue weighted by molar-refractivity contribution is -0.116. The monoisotopic (exact) mass is 343 g/mol. The van der Waals surface area contributed by atoms with Gasteiger partial charge in [0.15, 0.2) is 0 Å². The van der Waals surface area contributed by atoms with E-state index in [0.29, 0.717) is 11.0 Å². The molecule has 1 heterocycles. The molecular formula is C19H21NOS2. The smallest absolute Gasteiger partial charge is 0.224 e. The minimum absolute atomic E-state index is 0.0743. The molecule has 1 fully saturated rings. The third-order valence-electron chi connectivity index (χ3n) is 3.92. The number of anilines is 1. The molecule has 0 spiro atoms. The Hall–Kier alpha value is -1.39. The zero-order valence-corrected chi connectivity index (χ0v) is 14.8. The molecule has 0 aromatic heterocycles. The standard InChI is InChI=1S/C19H21NOS2/c1-14(15-6-3-2-4-7-15)12-18(21)20-17-9-5-8-16(13-17)19-22-10-11-23-19/h2-9,13-14,19H,10-12H2,1H3,(H,20,21). The van der Waals surface area contributed by atoms with E-state index in [1.807, 2.05) is 53.9 Å². The first-order valence-electron chi connectivity index (χ1n) is 7.90. The van der Waals surface area contributed by atoms with Crippen molar-refractivity contribution >= 4 is 35.1 Å². The third kappa shape index (κ3) is 4.55. The SMILES string of the molecule is CC(CC(=O)Nc1cccc(C2SCCS2)c1)c1ccccc1. The van der Waals surface area contributed by atoms with Crippen LogP contribution in [0.2, 0.25) is 0 Å². The molecule has 1 atom stereocenters. The predicted octanol–water partition coefficient (Wildman–Crippen LogP) is 5.30. The van der Waals surface area contributed by atoms with Crippen molar-refractivity contribution in [1.29, 1.82) is 0 Å². The van der Waals surface area contributed by atoms with Crippen molar-refractivity contribution in [2.45, 2.75) is 23.8 Å². The molecule has 1 saturated heterocycles. The molecule has 1 aliphatic heterocycles. The summed E-state index contributed by atoms with van der Waals surface area (Å²) >= 11 is 3.96. The van der Waals surface area contributed by atoms with Crippen LogP contribution >= 0.6 is 23.5 Å². The number of thioether (sulfide) groups is 2. The van der Waals surface area contributed by atoms with Crippen molar-refractivity contribution in [3.8, 4) is 0 Å². The molecule has 1 amide bonds. The van der Waals surface area contributed by atoms with Crippen molar-refractivity contribution in [3.63, 3.8) is 0 Å². The first-order valence-corrected chi connectivity index (χ1v) is 10.00. The minimum Gasteiger partial charge on any atom is -0.326 e. The Morgan fingerprint density at radius 1 is 1.13 bits per heavy atom. The van der Waals surface area contributed by atoms with Gasteiger partial charge in [0.2, 0.25) is 5.91 Å². The Morgan fingerprint density at radius 2 is 1.87 bits per heavy atom. The second-order valence-electron chi connectivity index (χ2n) is 5.76. The number of nitrogens with one attached hydrogen (secondary N) is 1. The van der Waals surface area contributed by atoms with Crippen LogP contribution in [0.4, 0.5) is 5.69 Å². The van der Waals surface area contributed by atoms with Crippen molar-refractivity contribution in [2.75, 3.05) is 16.8 Å². The Bertz CT molecular complexity index is 653. The van der Waals surface area contributed by atoms with E-state index in [1.54, 1.807) is 0 Å². The average molecular weight is 344 g/mol. The molecule has 2 aromatic carbocycles. The Kier molecular flexibility index (Phi) is 5.68. The fourth-order valence-corrected chi connectivity index (χ4v) is 5.54. The zero-order valence-electron chi connectivity index (χ0n) is 13.2. The Morgan fingerprint density at radius 3 is 2.61 bits per heavy atom. The van der Waals surface area contributed by atoms with Crippen LogP contribution in [0.5, 0.6) is 0 Å². The summed E-state index contributed by atoms with van der Waals surface area (Å²) in [5.41, 5.74) is 3.41. The maximum absolute atomic E-state index is 12.3. The van der Waals surface area contributed by atoms with E-state index in [0.717, 1.165) is 5.69 Å². The van der Waals surface area contributed by atoms with Crippen LogP contribution in [0, 0.1) is 0 Å². The number of hydrogen-bond donors (Lipinski definition) is 1. The van der Waals surface area contributed by atoms with Crippen molar-refractivity contribution < 1.29 is 4.79 Å². The maximum atomic E-state index is 12.3. The van der Waals surface area contributed by atoms with Crippen molar-refractivity contribution in [3.05, 3.63) is 65.7 Å². The molecule has 3 rings (SSSR count). The predicted molar refractivity (Wildman–Crippen MR) is 102 cm³/mol. The molecule has 1 aliphatic rings. The van der Waals surface area contributed by atoms with E-state index in [9.17, 15) is 4.79 Å². The molecule has 0 bridgehead atoms. The van der Waals surface area contributed by atoms with Gasteiger partial charge in [0, 0.05) is 23.6 Å². The van der Waals surface area contributed by atoms with Gasteiger partial charge in [-0.05, 0) is 29.2 Å². The molecule has 4 heteroatoms. The average Bonchev–Trinajstić information content (AvgIpc) is 3.10. The zero-order chi connectivity index (χ0) is 16.1. The largest absolute Gasteiger partial charge is 0.326 e. The highest BCUT2D eigenvalue weighted by Gasteiger charge is 2.18. The van der Waals surface area contributed by atoms with Crippen LogP contribution < -0.4 is 5.32 Å². The highest BCUT2D eigenvalue weighted by Crippen LogP contribution is 2.45. The van der Waals surface area contributed by atoms with Crippen molar-refractivity contribution in [2.24, 2.45) is 0 Å². The molecule has 0 aliphatic carbocycles. The Balaban J connectivity index is 1.60. The summed E-state index contributed by atoms with van der Waals surface area (Å²) in [4.78, 5) is 12.3. The van der Waals surface area contributed by atoms with Gasteiger partial charge in [-0.25, -0.2) is 0 Å². The van der Waals surface area contributed by atoms with Gasteiger partial charge >= 0.3 is 0 Å². The van der Waals surface area contributed by atoms with Crippen LogP contribution in [-0.4, -0.2) is 17.4 Å². The summed E-state index contributed by atoms with van der Waals surface area (Å²) in [6.45, 7) is 2.09. The highest BCUT2D eigenvalue weighted by atomic mass is 32.2. The number of rotatable bonds is 5. The number of benzene rings is 2. The van der Waals surface area contributed by atoms with Gasteiger partial charge in [-0.15, -0.1) is 23.5 Å². The normalized spacial score (nSPS) is 16.2. The van der Waals surface area contributed by atoms with Crippen LogP contribution in [0.1, 0.15) is 35.0 Å². The minimum atomic E-state index is 0.0743. The van der Waals surface area contributed by atoms with Gasteiger partial charge in [-0.1, -0.05) is 49.4 Å². The Labute approximate surface area is 146 Å². The van der Waals surface area contributed by atoms with Gasteiger partial charge < -0.3 is 5.32 Å². The first kappa shape index (κ1) is 16.5. The van der Waals surface area contributed by atoms with E-state index in [-0.39, 0.29) is 11.8 Å². The molecular weight excluding hydrogens is 322 g/mol. The summed E-state index contributed by atoms with van der Waals surface area (Å²) < 4.78 is 0.509. The molecule has 2 aromatic rings. The van der Waals surface area contributed by atoms with Gasteiger partial charge in [-0.2, -0.15) is 0 Å². The molecule has 0 saturated carbocycles. The summed E-state index contributed by atoms with van der Waals surface area (Å²) in [5, 5.41) is 3.05. The highest BCUT2D eigenvalue weighted by molar-refractivity contribution is 8.19. The maximum Gasteiger partial charge on any atom is 0.224 e. The van der Waals surface area contributed by atoms with E-state index in [1.165, 1.54) is 22.6 Å². The van der Waals surface area contributed by atoms with Crippen LogP contribution in [-0.2, 0) is 4.79 Å². The van der Waals surface area contributed by atoms with E-state index in [4.69, 9.17) is 0 Å². The van der Waals surface area contributed by atoms with Crippen LogP contribution in [0.15, 0.2) is 54.6 Å². The lowest BCUT2D eigenvalue weighted by Gasteiger charge is -2.14. The summed E-state index contributed by atoms with van der Waals surface area (Å²) in [6, 6.07) is 18.5.